The fourth-order valence-corrected chi connectivity index (χ4v) is 0.518. The first kappa shape index (κ1) is 11.5. The van der Waals surface area contributed by atoms with Gasteiger partial charge in [0.1, 0.15) is 6.21 Å². The topological polar surface area (TPSA) is 71.0 Å². The Hall–Kier alpha value is -1.52. The zero-order chi connectivity index (χ0) is 10.1. The summed E-state index contributed by atoms with van der Waals surface area (Å²) in [6, 6.07) is 0. The molecule has 0 bridgehead atoms. The number of aliphatic imine (C=N–C) groups is 1. The molecule has 0 aromatic carbocycles. The summed E-state index contributed by atoms with van der Waals surface area (Å²) in [7, 11) is 0. The van der Waals surface area contributed by atoms with E-state index in [4.69, 9.17) is 0 Å². The van der Waals surface area contributed by atoms with Gasteiger partial charge in [0.2, 0.25) is 0 Å². The second-order valence-electron chi connectivity index (χ2n) is 1.91. The van der Waals surface area contributed by atoms with E-state index < -0.39 is 11.9 Å². The van der Waals surface area contributed by atoms with Gasteiger partial charge in [0.15, 0.2) is 0 Å². The maximum absolute atomic E-state index is 10.6. The molecule has 0 aliphatic heterocycles. The van der Waals surface area contributed by atoms with Crippen molar-refractivity contribution in [2.24, 2.45) is 4.99 Å². The number of carbonyl (C=O) groups excluding carboxylic acids is 1. The molecule has 13 heavy (non-hydrogen) atoms. The highest BCUT2D eigenvalue weighted by Crippen LogP contribution is 1.86. The largest absolute Gasteiger partial charge is 0.613 e. The molecule has 0 amide bonds. The second kappa shape index (κ2) is 7.15. The highest BCUT2D eigenvalue weighted by molar-refractivity contribution is 6.23. The summed E-state index contributed by atoms with van der Waals surface area (Å²) in [5, 5.41) is 10.6. The Bertz CT molecular complexity index is 210. The van der Waals surface area contributed by atoms with Gasteiger partial charge in [0.05, 0.1) is 12.6 Å². The monoisotopic (exact) mass is 186 g/mol. The van der Waals surface area contributed by atoms with Crippen molar-refractivity contribution >= 4 is 12.2 Å². The van der Waals surface area contributed by atoms with E-state index in [-0.39, 0.29) is 13.2 Å². The van der Waals surface area contributed by atoms with Gasteiger partial charge in [-0.2, -0.15) is 0 Å². The molecular weight excluding hydrogens is 174 g/mol. The Labute approximate surface area is 76.7 Å². The molecule has 0 heterocycles. The fraction of sp³-hybridized carbons (Fsp3) is 0.500. The Morgan fingerprint density at radius 2 is 2.00 bits per heavy atom. The number of ether oxygens (including phenoxy) is 2. The predicted molar refractivity (Wildman–Crippen MR) is 44.8 cm³/mol. The Morgan fingerprint density at radius 1 is 1.38 bits per heavy atom. The predicted octanol–water partition coefficient (Wildman–Crippen LogP) is -0.184. The molecule has 0 atom stereocenters. The van der Waals surface area contributed by atoms with Gasteiger partial charge >= 0.3 is 5.97 Å². The molecule has 0 aliphatic carbocycles. The molecule has 0 aromatic rings. The lowest BCUT2D eigenvalue weighted by Crippen LogP contribution is -2.08. The molecular formula is C8H12NO4-. The van der Waals surface area contributed by atoms with Crippen LogP contribution in [0.1, 0.15) is 13.8 Å². The van der Waals surface area contributed by atoms with Gasteiger partial charge < -0.3 is 14.6 Å². The minimum atomic E-state index is -0.581. The number of hydrogen-bond donors (Lipinski definition) is 0. The van der Waals surface area contributed by atoms with E-state index in [9.17, 15) is 9.90 Å². The van der Waals surface area contributed by atoms with Crippen LogP contribution in [0.2, 0.25) is 0 Å². The van der Waals surface area contributed by atoms with Gasteiger partial charge in [0, 0.05) is 6.20 Å². The fourth-order valence-electron chi connectivity index (χ4n) is 0.518. The molecule has 5 nitrogen and oxygen atoms in total. The SMILES string of the molecule is CCOC(=O)C=N/C=C(\[O-])OCC. The Balaban J connectivity index is 3.84. The molecule has 0 rings (SSSR count). The van der Waals surface area contributed by atoms with Gasteiger partial charge in [-0.1, -0.05) is 6.92 Å². The van der Waals surface area contributed by atoms with Crippen LogP contribution in [-0.4, -0.2) is 25.4 Å². The molecule has 0 saturated heterocycles. The first-order valence-electron chi connectivity index (χ1n) is 3.90. The lowest BCUT2D eigenvalue weighted by molar-refractivity contribution is -0.356. The summed E-state index contributed by atoms with van der Waals surface area (Å²) < 4.78 is 9.05. The summed E-state index contributed by atoms with van der Waals surface area (Å²) in [6.07, 6.45) is 1.83. The van der Waals surface area contributed by atoms with E-state index in [1.54, 1.807) is 13.8 Å². The van der Waals surface area contributed by atoms with Crippen LogP contribution < -0.4 is 5.11 Å². The third-order valence-electron chi connectivity index (χ3n) is 0.933. The van der Waals surface area contributed by atoms with E-state index >= 15 is 0 Å². The van der Waals surface area contributed by atoms with Crippen molar-refractivity contribution < 1.29 is 19.4 Å². The number of nitrogens with zero attached hydrogens (tertiary/aromatic N) is 1. The van der Waals surface area contributed by atoms with Crippen molar-refractivity contribution in [1.82, 2.24) is 0 Å². The maximum atomic E-state index is 10.6. The summed E-state index contributed by atoms with van der Waals surface area (Å²) in [6.45, 7) is 3.93. The van der Waals surface area contributed by atoms with Gasteiger partial charge in [-0.15, -0.1) is 0 Å². The normalized spacial score (nSPS) is 11.7. The molecule has 74 valence electrons. The van der Waals surface area contributed by atoms with E-state index in [2.05, 4.69) is 14.5 Å². The first-order chi connectivity index (χ1) is 6.20. The van der Waals surface area contributed by atoms with Crippen LogP contribution in [0, 0.1) is 0 Å². The smallest absolute Gasteiger partial charge is 0.349 e. The molecule has 0 radical (unpaired) electrons. The van der Waals surface area contributed by atoms with Crippen molar-refractivity contribution in [3.63, 3.8) is 0 Å². The van der Waals surface area contributed by atoms with Gasteiger partial charge in [-0.3, -0.25) is 4.99 Å². The Kier molecular flexibility index (Phi) is 6.31. The van der Waals surface area contributed by atoms with Crippen LogP contribution in [0.3, 0.4) is 0 Å². The van der Waals surface area contributed by atoms with E-state index in [0.29, 0.717) is 0 Å². The van der Waals surface area contributed by atoms with Crippen LogP contribution >= 0.6 is 0 Å². The molecule has 0 fully saturated rings. The molecule has 0 unspecified atom stereocenters. The van der Waals surface area contributed by atoms with Crippen LogP contribution in [-0.2, 0) is 14.3 Å². The highest BCUT2D eigenvalue weighted by Gasteiger charge is 1.91. The summed E-state index contributed by atoms with van der Waals surface area (Å²) in [5.74, 6) is -1.16. The molecule has 5 heteroatoms. The lowest BCUT2D eigenvalue weighted by atomic mass is 10.7. The lowest BCUT2D eigenvalue weighted by Gasteiger charge is -2.09. The third-order valence-corrected chi connectivity index (χ3v) is 0.933. The van der Waals surface area contributed by atoms with Crippen molar-refractivity contribution in [3.05, 3.63) is 12.1 Å². The summed E-state index contributed by atoms with van der Waals surface area (Å²) in [5.41, 5.74) is 0. The molecule has 0 aromatic heterocycles. The zero-order valence-corrected chi connectivity index (χ0v) is 7.65. The second-order valence-corrected chi connectivity index (χ2v) is 1.91. The molecule has 0 saturated carbocycles. The number of rotatable bonds is 5. The summed E-state index contributed by atoms with van der Waals surface area (Å²) in [4.78, 5) is 14.0. The molecule has 0 spiro atoms. The molecule has 0 N–H and O–H groups in total. The number of carbonyl (C=O) groups is 1. The quantitative estimate of drug-likeness (QED) is 0.339. The Morgan fingerprint density at radius 3 is 2.54 bits per heavy atom. The van der Waals surface area contributed by atoms with E-state index in [0.717, 1.165) is 12.4 Å². The van der Waals surface area contributed by atoms with Crippen molar-refractivity contribution in [2.45, 2.75) is 13.8 Å². The van der Waals surface area contributed by atoms with Gasteiger partial charge in [-0.05, 0) is 13.5 Å². The van der Waals surface area contributed by atoms with Gasteiger partial charge in [-0.25, -0.2) is 4.79 Å². The van der Waals surface area contributed by atoms with Crippen LogP contribution in [0.5, 0.6) is 0 Å². The van der Waals surface area contributed by atoms with Crippen molar-refractivity contribution in [1.29, 1.82) is 0 Å². The minimum absolute atomic E-state index is 0.282. The molecule has 0 aliphatic rings. The van der Waals surface area contributed by atoms with Crippen LogP contribution in [0.25, 0.3) is 0 Å². The maximum Gasteiger partial charge on any atom is 0.349 e. The van der Waals surface area contributed by atoms with Crippen LogP contribution in [0.15, 0.2) is 17.1 Å². The average Bonchev–Trinajstić information content (AvgIpc) is 2.05. The number of esters is 1. The highest BCUT2D eigenvalue weighted by atomic mass is 16.6. The van der Waals surface area contributed by atoms with E-state index in [1.165, 1.54) is 0 Å². The zero-order valence-electron chi connectivity index (χ0n) is 7.65. The van der Waals surface area contributed by atoms with E-state index in [1.807, 2.05) is 0 Å². The van der Waals surface area contributed by atoms with Crippen LogP contribution in [0.4, 0.5) is 0 Å². The number of hydrogen-bond acceptors (Lipinski definition) is 5. The van der Waals surface area contributed by atoms with Gasteiger partial charge in [0.25, 0.3) is 0 Å². The first-order valence-corrected chi connectivity index (χ1v) is 3.90. The third kappa shape index (κ3) is 6.86. The standard InChI is InChI=1S/C8H13NO4/c1-3-12-7(10)5-9-6-8(11)13-4-2/h5-6,10H,3-4H2,1-2H3/p-1/b7-5+,9-6?. The van der Waals surface area contributed by atoms with Crippen molar-refractivity contribution in [3.8, 4) is 0 Å². The summed E-state index contributed by atoms with van der Waals surface area (Å²) >= 11 is 0. The average molecular weight is 186 g/mol. The minimum Gasteiger partial charge on any atom is -0.613 e. The van der Waals surface area contributed by atoms with Crippen molar-refractivity contribution in [2.75, 3.05) is 13.2 Å².